The molecule has 2 heterocycles. The van der Waals surface area contributed by atoms with Crippen molar-refractivity contribution in [3.05, 3.63) is 0 Å². The first-order valence-corrected chi connectivity index (χ1v) is 6.45. The monoisotopic (exact) mass is 256 g/mol. The van der Waals surface area contributed by atoms with E-state index >= 15 is 0 Å². The van der Waals surface area contributed by atoms with E-state index < -0.39 is 5.97 Å². The van der Waals surface area contributed by atoms with Crippen molar-refractivity contribution in [2.24, 2.45) is 5.92 Å². The van der Waals surface area contributed by atoms with Crippen LogP contribution in [0.1, 0.15) is 12.8 Å². The smallest absolute Gasteiger partial charge is 0.323 e. The SMILES string of the molecule is O=C(O)CN1CCN(C[C@@H]2CCCOC2)CC1=O. The fraction of sp³-hybridized carbons (Fsp3) is 0.833. The van der Waals surface area contributed by atoms with Crippen LogP contribution in [0.25, 0.3) is 0 Å². The van der Waals surface area contributed by atoms with Gasteiger partial charge in [-0.15, -0.1) is 0 Å². The average molecular weight is 256 g/mol. The molecule has 0 aliphatic carbocycles. The Morgan fingerprint density at radius 3 is 2.89 bits per heavy atom. The van der Waals surface area contributed by atoms with Crippen molar-refractivity contribution in [1.82, 2.24) is 9.80 Å². The van der Waals surface area contributed by atoms with Crippen molar-refractivity contribution in [3.8, 4) is 0 Å². The Labute approximate surface area is 106 Å². The maximum atomic E-state index is 11.8. The summed E-state index contributed by atoms with van der Waals surface area (Å²) < 4.78 is 5.42. The van der Waals surface area contributed by atoms with Crippen LogP contribution in [0.5, 0.6) is 0 Å². The van der Waals surface area contributed by atoms with Crippen LogP contribution in [-0.2, 0) is 14.3 Å². The summed E-state index contributed by atoms with van der Waals surface area (Å²) in [7, 11) is 0. The molecule has 0 aromatic heterocycles. The zero-order chi connectivity index (χ0) is 13.0. The summed E-state index contributed by atoms with van der Waals surface area (Å²) >= 11 is 0. The van der Waals surface area contributed by atoms with Crippen molar-refractivity contribution in [3.63, 3.8) is 0 Å². The molecule has 0 bridgehead atoms. The molecule has 2 aliphatic rings. The number of hydrogen-bond donors (Lipinski definition) is 1. The molecule has 2 rings (SSSR count). The van der Waals surface area contributed by atoms with E-state index in [9.17, 15) is 9.59 Å². The molecule has 2 aliphatic heterocycles. The minimum absolute atomic E-state index is 0.0830. The number of piperazine rings is 1. The Morgan fingerprint density at radius 1 is 1.44 bits per heavy atom. The zero-order valence-corrected chi connectivity index (χ0v) is 10.5. The first-order chi connectivity index (χ1) is 8.65. The van der Waals surface area contributed by atoms with Crippen molar-refractivity contribution < 1.29 is 19.4 Å². The molecule has 6 heteroatoms. The molecule has 0 spiro atoms. The number of carbonyl (C=O) groups excluding carboxylic acids is 1. The molecule has 0 radical (unpaired) electrons. The molecule has 0 saturated carbocycles. The molecule has 0 unspecified atom stereocenters. The van der Waals surface area contributed by atoms with E-state index in [1.54, 1.807) is 0 Å². The second-order valence-electron chi connectivity index (χ2n) is 5.03. The van der Waals surface area contributed by atoms with Gasteiger partial charge in [0.1, 0.15) is 6.54 Å². The highest BCUT2D eigenvalue weighted by atomic mass is 16.5. The van der Waals surface area contributed by atoms with Crippen LogP contribution in [0.15, 0.2) is 0 Å². The van der Waals surface area contributed by atoms with E-state index in [-0.39, 0.29) is 12.5 Å². The number of carboxylic acid groups (broad SMARTS) is 1. The second kappa shape index (κ2) is 6.15. The van der Waals surface area contributed by atoms with Gasteiger partial charge in [0, 0.05) is 26.2 Å². The van der Waals surface area contributed by atoms with Gasteiger partial charge in [-0.3, -0.25) is 14.5 Å². The number of rotatable bonds is 4. The van der Waals surface area contributed by atoms with E-state index in [1.165, 1.54) is 4.90 Å². The van der Waals surface area contributed by atoms with Crippen LogP contribution >= 0.6 is 0 Å². The van der Waals surface area contributed by atoms with E-state index in [2.05, 4.69) is 4.90 Å². The van der Waals surface area contributed by atoms with E-state index in [1.807, 2.05) is 0 Å². The maximum Gasteiger partial charge on any atom is 0.323 e. The molecule has 2 saturated heterocycles. The minimum atomic E-state index is -0.947. The fourth-order valence-electron chi connectivity index (χ4n) is 2.56. The van der Waals surface area contributed by atoms with Crippen LogP contribution in [0.4, 0.5) is 0 Å². The first-order valence-electron chi connectivity index (χ1n) is 6.45. The van der Waals surface area contributed by atoms with Crippen molar-refractivity contribution in [1.29, 1.82) is 0 Å². The number of hydrogen-bond acceptors (Lipinski definition) is 4. The average Bonchev–Trinajstić information content (AvgIpc) is 2.33. The Morgan fingerprint density at radius 2 is 2.28 bits per heavy atom. The molecular weight excluding hydrogens is 236 g/mol. The quantitative estimate of drug-likeness (QED) is 0.744. The molecular formula is C12H20N2O4. The Kier molecular flexibility index (Phi) is 4.54. The van der Waals surface area contributed by atoms with Gasteiger partial charge in [0.25, 0.3) is 0 Å². The molecule has 102 valence electrons. The van der Waals surface area contributed by atoms with Crippen molar-refractivity contribution in [2.45, 2.75) is 12.8 Å². The Hall–Kier alpha value is -1.14. The highest BCUT2D eigenvalue weighted by Gasteiger charge is 2.27. The van der Waals surface area contributed by atoms with Crippen molar-refractivity contribution in [2.75, 3.05) is 45.9 Å². The second-order valence-corrected chi connectivity index (χ2v) is 5.03. The zero-order valence-electron chi connectivity index (χ0n) is 10.5. The molecule has 6 nitrogen and oxygen atoms in total. The molecule has 0 aromatic carbocycles. The predicted octanol–water partition coefficient (Wildman–Crippen LogP) is -0.358. The van der Waals surface area contributed by atoms with Crippen LogP contribution in [0.2, 0.25) is 0 Å². The van der Waals surface area contributed by atoms with E-state index in [4.69, 9.17) is 9.84 Å². The topological polar surface area (TPSA) is 70.1 Å². The van der Waals surface area contributed by atoms with E-state index in [0.717, 1.165) is 39.1 Å². The largest absolute Gasteiger partial charge is 0.480 e. The van der Waals surface area contributed by atoms with Gasteiger partial charge in [0.2, 0.25) is 5.91 Å². The summed E-state index contributed by atoms with van der Waals surface area (Å²) in [6, 6.07) is 0. The van der Waals surface area contributed by atoms with Gasteiger partial charge in [-0.25, -0.2) is 0 Å². The molecule has 1 amide bonds. The Bertz CT molecular complexity index is 315. The third kappa shape index (κ3) is 3.68. The summed E-state index contributed by atoms with van der Waals surface area (Å²) in [5.74, 6) is -0.518. The lowest BCUT2D eigenvalue weighted by molar-refractivity contribution is -0.147. The van der Waals surface area contributed by atoms with Gasteiger partial charge in [-0.2, -0.15) is 0 Å². The number of nitrogens with zero attached hydrogens (tertiary/aromatic N) is 2. The lowest BCUT2D eigenvalue weighted by Crippen LogP contribution is -2.53. The van der Waals surface area contributed by atoms with Gasteiger partial charge in [0.05, 0.1) is 13.2 Å². The summed E-state index contributed by atoms with van der Waals surface area (Å²) in [5, 5.41) is 8.69. The number of aliphatic carboxylic acids is 1. The Balaban J connectivity index is 1.76. The maximum absolute atomic E-state index is 11.8. The molecule has 1 atom stereocenters. The van der Waals surface area contributed by atoms with Crippen LogP contribution < -0.4 is 0 Å². The molecule has 18 heavy (non-hydrogen) atoms. The van der Waals surface area contributed by atoms with Crippen LogP contribution in [0, 0.1) is 5.92 Å². The van der Waals surface area contributed by atoms with Gasteiger partial charge in [0.15, 0.2) is 0 Å². The fourth-order valence-corrected chi connectivity index (χ4v) is 2.56. The number of carboxylic acids is 1. The van der Waals surface area contributed by atoms with Crippen molar-refractivity contribution >= 4 is 11.9 Å². The molecule has 2 fully saturated rings. The van der Waals surface area contributed by atoms with Gasteiger partial charge in [-0.1, -0.05) is 0 Å². The van der Waals surface area contributed by atoms with E-state index in [0.29, 0.717) is 19.0 Å². The normalized spacial score (nSPS) is 26.3. The first kappa shape index (κ1) is 13.3. The summed E-state index contributed by atoms with van der Waals surface area (Å²) in [5.41, 5.74) is 0. The number of carbonyl (C=O) groups is 2. The highest BCUT2D eigenvalue weighted by molar-refractivity contribution is 5.83. The van der Waals surface area contributed by atoms with Gasteiger partial charge < -0.3 is 14.7 Å². The van der Waals surface area contributed by atoms with Gasteiger partial charge >= 0.3 is 5.97 Å². The minimum Gasteiger partial charge on any atom is -0.480 e. The summed E-state index contributed by atoms with van der Waals surface area (Å²) in [6.45, 7) is 3.94. The number of ether oxygens (including phenoxy) is 1. The predicted molar refractivity (Wildman–Crippen MR) is 64.2 cm³/mol. The summed E-state index contributed by atoms with van der Waals surface area (Å²) in [6.07, 6.45) is 2.25. The van der Waals surface area contributed by atoms with Crippen LogP contribution in [0.3, 0.4) is 0 Å². The molecule has 1 N–H and O–H groups in total. The number of amides is 1. The highest BCUT2D eigenvalue weighted by Crippen LogP contribution is 2.16. The lowest BCUT2D eigenvalue weighted by Gasteiger charge is -2.36. The van der Waals surface area contributed by atoms with Gasteiger partial charge in [-0.05, 0) is 18.8 Å². The molecule has 0 aromatic rings. The lowest BCUT2D eigenvalue weighted by atomic mass is 10.0. The standard InChI is InChI=1S/C12H20N2O4/c15-11-7-13(3-4-14(11)8-12(16)17)6-10-2-1-5-18-9-10/h10H,1-9H2,(H,16,17)/t10-/m0/s1. The third-order valence-electron chi connectivity index (χ3n) is 3.49. The third-order valence-corrected chi connectivity index (χ3v) is 3.49. The van der Waals surface area contributed by atoms with Crippen LogP contribution in [-0.4, -0.2) is 72.7 Å². The summed E-state index contributed by atoms with van der Waals surface area (Å²) in [4.78, 5) is 25.9.